The van der Waals surface area contributed by atoms with Crippen LogP contribution in [-0.4, -0.2) is 35.5 Å². The minimum absolute atomic E-state index is 0.246. The maximum atomic E-state index is 11.4. The summed E-state index contributed by atoms with van der Waals surface area (Å²) in [6, 6.07) is 9.49. The van der Waals surface area contributed by atoms with Crippen LogP contribution in [0.2, 0.25) is 0 Å². The first-order chi connectivity index (χ1) is 8.15. The molecule has 1 aliphatic rings. The molecule has 92 valence electrons. The number of nitrogens with zero attached hydrogens (tertiary/aromatic N) is 1. The summed E-state index contributed by atoms with van der Waals surface area (Å²) < 4.78 is -0.135. The van der Waals surface area contributed by atoms with Crippen LogP contribution >= 0.6 is 0 Å². The number of benzene rings is 1. The van der Waals surface area contributed by atoms with Crippen LogP contribution < -0.4 is 4.46 Å². The molecule has 1 N–H and O–H groups in total. The molecule has 2 rings (SSSR count). The van der Waals surface area contributed by atoms with Crippen LogP contribution in [0.25, 0.3) is 0 Å². The molecule has 4 nitrogen and oxygen atoms in total. The molecule has 1 aliphatic carbocycles. The van der Waals surface area contributed by atoms with Gasteiger partial charge in [0, 0.05) is 0 Å². The van der Waals surface area contributed by atoms with Gasteiger partial charge in [0.25, 0.3) is 0 Å². The summed E-state index contributed by atoms with van der Waals surface area (Å²) in [6.45, 7) is 0. The third-order valence-electron chi connectivity index (χ3n) is 3.13. The Morgan fingerprint density at radius 3 is 2.65 bits per heavy atom. The molecular formula is C12H15NO3Se. The molecule has 0 aromatic heterocycles. The van der Waals surface area contributed by atoms with E-state index in [0.717, 1.165) is 17.3 Å². The summed E-state index contributed by atoms with van der Waals surface area (Å²) in [4.78, 5) is 11.1. The van der Waals surface area contributed by atoms with E-state index in [1.807, 2.05) is 30.3 Å². The van der Waals surface area contributed by atoms with Gasteiger partial charge in [0.2, 0.25) is 0 Å². The third-order valence-corrected chi connectivity index (χ3v) is 6.25. The fourth-order valence-electron chi connectivity index (χ4n) is 2.17. The van der Waals surface area contributed by atoms with Gasteiger partial charge in [-0.25, -0.2) is 0 Å². The van der Waals surface area contributed by atoms with E-state index in [4.69, 9.17) is 0 Å². The Labute approximate surface area is 106 Å². The maximum absolute atomic E-state index is 11.4. The van der Waals surface area contributed by atoms with Crippen LogP contribution in [0, 0.1) is 10.1 Å². The van der Waals surface area contributed by atoms with Crippen LogP contribution in [0.1, 0.15) is 25.7 Å². The van der Waals surface area contributed by atoms with E-state index in [9.17, 15) is 15.2 Å². The summed E-state index contributed by atoms with van der Waals surface area (Å²) in [5.41, 5.74) is 0. The molecule has 1 aromatic rings. The monoisotopic (exact) mass is 301 g/mol. The van der Waals surface area contributed by atoms with Crippen molar-refractivity contribution in [2.75, 3.05) is 0 Å². The van der Waals surface area contributed by atoms with Crippen molar-refractivity contribution in [2.24, 2.45) is 0 Å². The molecule has 0 radical (unpaired) electrons. The second kappa shape index (κ2) is 5.17. The Kier molecular flexibility index (Phi) is 3.82. The van der Waals surface area contributed by atoms with Gasteiger partial charge in [0.15, 0.2) is 0 Å². The van der Waals surface area contributed by atoms with E-state index < -0.39 is 10.5 Å². The average molecular weight is 300 g/mol. The van der Waals surface area contributed by atoms with Crippen molar-refractivity contribution >= 4 is 19.4 Å². The summed E-state index contributed by atoms with van der Waals surface area (Å²) in [6.07, 6.45) is 1.98. The average Bonchev–Trinajstić information content (AvgIpc) is 2.33. The molecule has 0 heterocycles. The van der Waals surface area contributed by atoms with Gasteiger partial charge in [0.05, 0.1) is 0 Å². The van der Waals surface area contributed by atoms with Crippen molar-refractivity contribution in [3.63, 3.8) is 0 Å². The number of aliphatic hydroxyl groups is 1. The van der Waals surface area contributed by atoms with Gasteiger partial charge < -0.3 is 0 Å². The zero-order valence-corrected chi connectivity index (χ0v) is 11.1. The number of rotatable bonds is 3. The number of aliphatic hydroxyl groups excluding tert-OH is 1. The standard InChI is InChI=1S/C12H15NO3Se/c14-11-8-4-5-9-12(11,13(15)16)17-10-6-2-1-3-7-10/h1-3,6-7,11,14H,4-5,8-9H2. The number of hydrogen-bond donors (Lipinski definition) is 1. The first kappa shape index (κ1) is 12.6. The number of hydrogen-bond acceptors (Lipinski definition) is 3. The molecule has 1 saturated carbocycles. The van der Waals surface area contributed by atoms with Gasteiger partial charge >= 0.3 is 106 Å². The van der Waals surface area contributed by atoms with Gasteiger partial charge in [-0.1, -0.05) is 0 Å². The topological polar surface area (TPSA) is 63.4 Å². The van der Waals surface area contributed by atoms with E-state index in [1.54, 1.807) is 0 Å². The predicted molar refractivity (Wildman–Crippen MR) is 66.0 cm³/mol. The predicted octanol–water partition coefficient (Wildman–Crippen LogP) is 0.924. The summed E-state index contributed by atoms with van der Waals surface area (Å²) >= 11 is -0.322. The van der Waals surface area contributed by atoms with Crippen molar-refractivity contribution in [1.82, 2.24) is 0 Å². The summed E-state index contributed by atoms with van der Waals surface area (Å²) in [5.74, 6) is 0. The van der Waals surface area contributed by atoms with Crippen molar-refractivity contribution in [3.05, 3.63) is 40.4 Å². The Hall–Kier alpha value is -0.901. The zero-order chi connectivity index (χ0) is 12.3. The fraction of sp³-hybridized carbons (Fsp3) is 0.500. The van der Waals surface area contributed by atoms with Crippen LogP contribution in [0.5, 0.6) is 0 Å². The summed E-state index contributed by atoms with van der Waals surface area (Å²) in [7, 11) is 0. The molecule has 0 spiro atoms. The molecule has 5 heteroatoms. The van der Waals surface area contributed by atoms with Crippen molar-refractivity contribution in [2.45, 2.75) is 36.2 Å². The van der Waals surface area contributed by atoms with Gasteiger partial charge in [0.1, 0.15) is 0 Å². The molecule has 0 aliphatic heterocycles. The van der Waals surface area contributed by atoms with Gasteiger partial charge in [-0.2, -0.15) is 0 Å². The Morgan fingerprint density at radius 1 is 1.35 bits per heavy atom. The first-order valence-corrected chi connectivity index (χ1v) is 7.43. The van der Waals surface area contributed by atoms with Gasteiger partial charge in [-0.15, -0.1) is 0 Å². The molecule has 1 aromatic carbocycles. The molecule has 2 atom stereocenters. The van der Waals surface area contributed by atoms with Crippen LogP contribution in [0.3, 0.4) is 0 Å². The Bertz CT molecular complexity index is 398. The third kappa shape index (κ3) is 2.51. The van der Waals surface area contributed by atoms with Crippen molar-refractivity contribution in [1.29, 1.82) is 0 Å². The molecule has 0 amide bonds. The Balaban J connectivity index is 2.25. The van der Waals surface area contributed by atoms with Gasteiger partial charge in [-0.05, 0) is 0 Å². The normalized spacial score (nSPS) is 28.9. The molecule has 1 fully saturated rings. The molecule has 2 unspecified atom stereocenters. The van der Waals surface area contributed by atoms with E-state index in [2.05, 4.69) is 0 Å². The Morgan fingerprint density at radius 2 is 2.06 bits per heavy atom. The van der Waals surface area contributed by atoms with Crippen molar-refractivity contribution < 1.29 is 10.0 Å². The SMILES string of the molecule is O=[N+]([O-])C1([Se]c2ccccc2)CCCCC1O. The van der Waals surface area contributed by atoms with E-state index in [0.29, 0.717) is 12.8 Å². The molecular weight excluding hydrogens is 285 g/mol. The quantitative estimate of drug-likeness (QED) is 0.513. The van der Waals surface area contributed by atoms with Crippen molar-refractivity contribution in [3.8, 4) is 0 Å². The van der Waals surface area contributed by atoms with Crippen LogP contribution in [0.15, 0.2) is 30.3 Å². The van der Waals surface area contributed by atoms with Gasteiger partial charge in [-0.3, -0.25) is 0 Å². The fourth-order valence-corrected chi connectivity index (χ4v) is 4.85. The van der Waals surface area contributed by atoms with Crippen LogP contribution in [-0.2, 0) is 0 Å². The first-order valence-electron chi connectivity index (χ1n) is 5.72. The molecule has 0 bridgehead atoms. The summed E-state index contributed by atoms with van der Waals surface area (Å²) in [5, 5.41) is 21.4. The van der Waals surface area contributed by atoms with E-state index in [1.165, 1.54) is 0 Å². The minimum atomic E-state index is -1.12. The molecule has 17 heavy (non-hydrogen) atoms. The zero-order valence-electron chi connectivity index (χ0n) is 9.41. The second-order valence-electron chi connectivity index (χ2n) is 4.28. The van der Waals surface area contributed by atoms with E-state index >= 15 is 0 Å². The molecule has 0 saturated heterocycles. The van der Waals surface area contributed by atoms with E-state index in [-0.39, 0.29) is 19.9 Å². The number of nitro groups is 1. The second-order valence-corrected chi connectivity index (χ2v) is 7.18. The van der Waals surface area contributed by atoms with Crippen LogP contribution in [0.4, 0.5) is 0 Å².